The zero-order valence-electron chi connectivity index (χ0n) is 16.9. The van der Waals surface area contributed by atoms with Crippen LogP contribution in [0.15, 0.2) is 65.8 Å². The largest absolute Gasteiger partial charge is 0.490 e. The number of ether oxygens (including phenoxy) is 1. The number of carbonyl (C=O) groups excluding carboxylic acids is 2. The number of amides is 2. The van der Waals surface area contributed by atoms with Crippen LogP contribution >= 0.6 is 11.8 Å². The van der Waals surface area contributed by atoms with Crippen molar-refractivity contribution in [1.82, 2.24) is 10.3 Å². The summed E-state index contributed by atoms with van der Waals surface area (Å²) in [4.78, 5) is 32.8. The molecule has 0 spiro atoms. The fraction of sp³-hybridized carbons (Fsp3) is 0.217. The van der Waals surface area contributed by atoms with E-state index in [2.05, 4.69) is 15.5 Å². The molecule has 0 aliphatic carbocycles. The average Bonchev–Trinajstić information content (AvgIpc) is 3.10. The molecule has 4 rings (SSSR count). The van der Waals surface area contributed by atoms with Gasteiger partial charge in [-0.2, -0.15) is 0 Å². The predicted molar refractivity (Wildman–Crippen MR) is 120 cm³/mol. The zero-order chi connectivity index (χ0) is 21.6. The molecule has 1 N–H and O–H groups in total. The molecule has 2 aromatic carbocycles. The lowest BCUT2D eigenvalue weighted by Crippen LogP contribution is -2.25. The second-order valence-corrected chi connectivity index (χ2v) is 8.15. The van der Waals surface area contributed by atoms with Gasteiger partial charge in [-0.1, -0.05) is 53.3 Å². The van der Waals surface area contributed by atoms with Crippen LogP contribution in [0.1, 0.15) is 18.2 Å². The fourth-order valence-corrected chi connectivity index (χ4v) is 3.98. The lowest BCUT2D eigenvalue weighted by atomic mass is 10.1. The number of aromatic nitrogens is 1. The SMILES string of the molecule is CC(=NOCCOc1ccc(CC2SC(=O)NC2=O)cc1)c1ccc2ccccc2n1. The summed E-state index contributed by atoms with van der Waals surface area (Å²) in [5.41, 5.74) is 3.35. The number of thioether (sulfide) groups is 1. The van der Waals surface area contributed by atoms with E-state index >= 15 is 0 Å². The van der Waals surface area contributed by atoms with Crippen molar-refractivity contribution in [3.8, 4) is 5.75 Å². The van der Waals surface area contributed by atoms with E-state index in [1.54, 1.807) is 0 Å². The highest BCUT2D eigenvalue weighted by Gasteiger charge is 2.31. The van der Waals surface area contributed by atoms with E-state index in [4.69, 9.17) is 9.57 Å². The molecule has 0 saturated carbocycles. The first-order valence-corrected chi connectivity index (χ1v) is 10.7. The molecule has 1 fully saturated rings. The maximum Gasteiger partial charge on any atom is 0.286 e. The Kier molecular flexibility index (Phi) is 6.47. The summed E-state index contributed by atoms with van der Waals surface area (Å²) in [6.45, 7) is 2.50. The minimum atomic E-state index is -0.370. The van der Waals surface area contributed by atoms with E-state index in [9.17, 15) is 9.59 Å². The van der Waals surface area contributed by atoms with Gasteiger partial charge in [-0.05, 0) is 43.2 Å². The first-order valence-electron chi connectivity index (χ1n) is 9.84. The van der Waals surface area contributed by atoms with Crippen molar-refractivity contribution < 1.29 is 19.2 Å². The van der Waals surface area contributed by atoms with Gasteiger partial charge in [0, 0.05) is 5.39 Å². The summed E-state index contributed by atoms with van der Waals surface area (Å²) in [5.74, 6) is 0.464. The lowest BCUT2D eigenvalue weighted by Gasteiger charge is -2.08. The summed E-state index contributed by atoms with van der Waals surface area (Å²) >= 11 is 1.03. The topological polar surface area (TPSA) is 89.9 Å². The van der Waals surface area contributed by atoms with Crippen molar-refractivity contribution in [2.45, 2.75) is 18.6 Å². The summed E-state index contributed by atoms with van der Waals surface area (Å²) in [5, 5.41) is 6.84. The molecule has 1 unspecified atom stereocenters. The fourth-order valence-electron chi connectivity index (χ4n) is 3.12. The Morgan fingerprint density at radius 2 is 1.87 bits per heavy atom. The van der Waals surface area contributed by atoms with E-state index in [0.29, 0.717) is 31.1 Å². The van der Waals surface area contributed by atoms with Crippen LogP contribution in [-0.4, -0.2) is 40.3 Å². The molecular weight excluding hydrogens is 414 g/mol. The van der Waals surface area contributed by atoms with Crippen LogP contribution in [0.25, 0.3) is 10.9 Å². The molecule has 3 aromatic rings. The van der Waals surface area contributed by atoms with Crippen molar-refractivity contribution in [2.75, 3.05) is 13.2 Å². The summed E-state index contributed by atoms with van der Waals surface area (Å²) in [7, 11) is 0. The Balaban J connectivity index is 1.23. The standard InChI is InChI=1S/C23H21N3O4S/c1-15(19-11-8-17-4-2-3-5-20(17)24-19)26-30-13-12-29-18-9-6-16(7-10-18)14-21-22(27)25-23(28)31-21/h2-11,21H,12-14H2,1H3,(H,25,27,28). The van der Waals surface area contributed by atoms with Gasteiger partial charge in [-0.25, -0.2) is 4.98 Å². The van der Waals surface area contributed by atoms with Gasteiger partial charge in [0.1, 0.15) is 18.1 Å². The van der Waals surface area contributed by atoms with Crippen LogP contribution in [0.4, 0.5) is 4.79 Å². The highest BCUT2D eigenvalue weighted by Crippen LogP contribution is 2.23. The lowest BCUT2D eigenvalue weighted by molar-refractivity contribution is -0.118. The Hall–Kier alpha value is -3.39. The number of hydrogen-bond donors (Lipinski definition) is 1. The number of rotatable bonds is 8. The van der Waals surface area contributed by atoms with Crippen LogP contribution < -0.4 is 10.1 Å². The highest BCUT2D eigenvalue weighted by atomic mass is 32.2. The molecule has 1 aliphatic rings. The van der Waals surface area contributed by atoms with Crippen molar-refractivity contribution >= 4 is 39.5 Å². The van der Waals surface area contributed by atoms with Crippen LogP contribution in [0.5, 0.6) is 5.75 Å². The number of benzene rings is 2. The van der Waals surface area contributed by atoms with Gasteiger partial charge in [0.25, 0.3) is 5.24 Å². The summed E-state index contributed by atoms with van der Waals surface area (Å²) in [6.07, 6.45) is 0.502. The second kappa shape index (κ2) is 9.61. The molecule has 0 bridgehead atoms. The van der Waals surface area contributed by atoms with Crippen molar-refractivity contribution in [3.63, 3.8) is 0 Å². The van der Waals surface area contributed by atoms with Crippen LogP contribution in [-0.2, 0) is 16.1 Å². The van der Waals surface area contributed by atoms with Gasteiger partial charge in [0.05, 0.1) is 16.5 Å². The number of oxime groups is 1. The molecule has 1 atom stereocenters. The molecule has 8 heteroatoms. The Morgan fingerprint density at radius 3 is 2.65 bits per heavy atom. The minimum absolute atomic E-state index is 0.234. The third kappa shape index (κ3) is 5.40. The smallest absolute Gasteiger partial charge is 0.286 e. The minimum Gasteiger partial charge on any atom is -0.490 e. The molecule has 1 aromatic heterocycles. The van der Waals surface area contributed by atoms with E-state index in [-0.39, 0.29) is 16.4 Å². The number of pyridine rings is 1. The van der Waals surface area contributed by atoms with Crippen molar-refractivity contribution in [1.29, 1.82) is 0 Å². The summed E-state index contributed by atoms with van der Waals surface area (Å²) < 4.78 is 5.67. The third-order valence-corrected chi connectivity index (χ3v) is 5.71. The monoisotopic (exact) mass is 435 g/mol. The quantitative estimate of drug-likeness (QED) is 0.327. The Bertz CT molecular complexity index is 1130. The highest BCUT2D eigenvalue weighted by molar-refractivity contribution is 8.15. The normalized spacial score (nSPS) is 16.4. The maximum absolute atomic E-state index is 11.6. The molecule has 0 radical (unpaired) electrons. The molecule has 2 amide bonds. The van der Waals surface area contributed by atoms with Gasteiger partial charge >= 0.3 is 0 Å². The van der Waals surface area contributed by atoms with Gasteiger partial charge < -0.3 is 9.57 Å². The number of nitrogens with zero attached hydrogens (tertiary/aromatic N) is 2. The first-order chi connectivity index (χ1) is 15.1. The average molecular weight is 436 g/mol. The number of carbonyl (C=O) groups is 2. The number of nitrogens with one attached hydrogen (secondary N) is 1. The number of imide groups is 1. The molecule has 158 valence electrons. The van der Waals surface area contributed by atoms with Crippen LogP contribution in [0.2, 0.25) is 0 Å². The molecule has 2 heterocycles. The first kappa shape index (κ1) is 20.9. The van der Waals surface area contributed by atoms with E-state index in [1.165, 1.54) is 0 Å². The number of para-hydroxylation sites is 1. The van der Waals surface area contributed by atoms with Crippen LogP contribution in [0.3, 0.4) is 0 Å². The predicted octanol–water partition coefficient (Wildman–Crippen LogP) is 3.95. The van der Waals surface area contributed by atoms with E-state index < -0.39 is 0 Å². The summed E-state index contributed by atoms with van der Waals surface area (Å²) in [6, 6.07) is 19.3. The van der Waals surface area contributed by atoms with Gasteiger partial charge in [-0.15, -0.1) is 0 Å². The Labute approximate surface area is 183 Å². The van der Waals surface area contributed by atoms with Crippen LogP contribution in [0, 0.1) is 0 Å². The van der Waals surface area contributed by atoms with E-state index in [1.807, 2.05) is 67.6 Å². The number of hydrogen-bond acceptors (Lipinski definition) is 7. The van der Waals surface area contributed by atoms with Crippen molar-refractivity contribution in [3.05, 3.63) is 71.9 Å². The molecule has 7 nitrogen and oxygen atoms in total. The molecule has 31 heavy (non-hydrogen) atoms. The van der Waals surface area contributed by atoms with E-state index in [0.717, 1.165) is 33.9 Å². The maximum atomic E-state index is 11.6. The molecular formula is C23H21N3O4S. The zero-order valence-corrected chi connectivity index (χ0v) is 17.7. The van der Waals surface area contributed by atoms with Gasteiger partial charge in [0.15, 0.2) is 6.61 Å². The number of fused-ring (bicyclic) bond motifs is 1. The third-order valence-electron chi connectivity index (χ3n) is 4.73. The Morgan fingerprint density at radius 1 is 1.06 bits per heavy atom. The van der Waals surface area contributed by atoms with Gasteiger partial charge in [-0.3, -0.25) is 14.9 Å². The molecule has 1 aliphatic heterocycles. The van der Waals surface area contributed by atoms with Crippen molar-refractivity contribution in [2.24, 2.45) is 5.16 Å². The molecule has 1 saturated heterocycles. The second-order valence-electron chi connectivity index (χ2n) is 6.98. The van der Waals surface area contributed by atoms with Gasteiger partial charge in [0.2, 0.25) is 5.91 Å².